The van der Waals surface area contributed by atoms with Gasteiger partial charge in [-0.2, -0.15) is 0 Å². The Bertz CT molecular complexity index is 1440. The van der Waals surface area contributed by atoms with Crippen LogP contribution in [0.25, 0.3) is 0 Å². The molecule has 0 bridgehead atoms. The first-order chi connectivity index (χ1) is 19.6. The van der Waals surface area contributed by atoms with Gasteiger partial charge in [0.05, 0.1) is 6.10 Å². The second kappa shape index (κ2) is 13.3. The first kappa shape index (κ1) is 30.2. The average Bonchev–Trinajstić information content (AvgIpc) is 3.11. The number of esters is 1. The van der Waals surface area contributed by atoms with Crippen molar-refractivity contribution in [2.24, 2.45) is 11.7 Å². The number of aryl methyl sites for hydroxylation is 2. The van der Waals surface area contributed by atoms with Crippen LogP contribution >= 0.6 is 11.6 Å². The Balaban J connectivity index is 1.52. The van der Waals surface area contributed by atoms with Crippen LogP contribution < -0.4 is 16.0 Å². The number of carbonyl (C=O) groups excluding carboxylic acids is 3. The van der Waals surface area contributed by atoms with E-state index in [4.69, 9.17) is 26.8 Å². The maximum absolute atomic E-state index is 13.9. The van der Waals surface area contributed by atoms with E-state index in [2.05, 4.69) is 5.32 Å². The van der Waals surface area contributed by atoms with Crippen LogP contribution in [0.1, 0.15) is 70.2 Å². The standard InChI is InChI=1S/C32H36ClN3O5/c1-19(2)29(34)32(39)41-18-40-28-10-7-15-36(27-14-11-22(33)17-26(27)28)31(38)25-13-12-23(16-21(25)4)35-30(37)24-9-6-5-8-20(24)3/h5-6,8-9,11-14,16-17,19,28-29H,7,10,15,18,34H2,1-4H3,(H,35,37)/t28?,29-/m0/s1. The van der Waals surface area contributed by atoms with Gasteiger partial charge in [-0.15, -0.1) is 0 Å². The van der Waals surface area contributed by atoms with Crippen molar-refractivity contribution in [1.29, 1.82) is 0 Å². The fourth-order valence-electron chi connectivity index (χ4n) is 4.82. The number of halogens is 1. The first-order valence-corrected chi connectivity index (χ1v) is 14.1. The summed E-state index contributed by atoms with van der Waals surface area (Å²) in [6, 6.07) is 17.2. The fourth-order valence-corrected chi connectivity index (χ4v) is 5.00. The highest BCUT2D eigenvalue weighted by molar-refractivity contribution is 6.30. The van der Waals surface area contributed by atoms with Crippen LogP contribution in [0.5, 0.6) is 0 Å². The van der Waals surface area contributed by atoms with Gasteiger partial charge in [-0.3, -0.25) is 14.4 Å². The number of nitrogens with two attached hydrogens (primary N) is 1. The van der Waals surface area contributed by atoms with Gasteiger partial charge in [0.2, 0.25) is 0 Å². The van der Waals surface area contributed by atoms with E-state index in [1.807, 2.05) is 52.0 Å². The number of rotatable bonds is 8. The second-order valence-electron chi connectivity index (χ2n) is 10.6. The number of carbonyl (C=O) groups is 3. The van der Waals surface area contributed by atoms with Crippen molar-refractivity contribution in [3.8, 4) is 0 Å². The Labute approximate surface area is 245 Å². The molecular formula is C32H36ClN3O5. The molecule has 3 aromatic rings. The Morgan fingerprint density at radius 2 is 1.78 bits per heavy atom. The zero-order valence-corrected chi connectivity index (χ0v) is 24.5. The second-order valence-corrected chi connectivity index (χ2v) is 11.0. The maximum atomic E-state index is 13.9. The summed E-state index contributed by atoms with van der Waals surface area (Å²) < 4.78 is 11.2. The van der Waals surface area contributed by atoms with Crippen molar-refractivity contribution >= 4 is 40.8 Å². The lowest BCUT2D eigenvalue weighted by Gasteiger charge is -2.25. The van der Waals surface area contributed by atoms with E-state index in [1.165, 1.54) is 0 Å². The minimum atomic E-state index is -0.729. The van der Waals surface area contributed by atoms with E-state index in [1.54, 1.807) is 41.3 Å². The summed E-state index contributed by atoms with van der Waals surface area (Å²) in [5.41, 5.74) is 10.6. The van der Waals surface area contributed by atoms with Gasteiger partial charge in [-0.05, 0) is 86.2 Å². The smallest absolute Gasteiger partial charge is 0.325 e. The lowest BCUT2D eigenvalue weighted by Crippen LogP contribution is -2.37. The molecule has 8 nitrogen and oxygen atoms in total. The topological polar surface area (TPSA) is 111 Å². The van der Waals surface area contributed by atoms with Crippen LogP contribution in [0.3, 0.4) is 0 Å². The van der Waals surface area contributed by atoms with Gasteiger partial charge in [0.25, 0.3) is 11.8 Å². The third kappa shape index (κ3) is 7.14. The van der Waals surface area contributed by atoms with Crippen LogP contribution in [0.15, 0.2) is 60.7 Å². The molecule has 9 heteroatoms. The van der Waals surface area contributed by atoms with Gasteiger partial charge < -0.3 is 25.4 Å². The third-order valence-electron chi connectivity index (χ3n) is 7.29. The number of hydrogen-bond acceptors (Lipinski definition) is 6. The maximum Gasteiger partial charge on any atom is 0.325 e. The van der Waals surface area contributed by atoms with E-state index in [0.29, 0.717) is 46.9 Å². The summed E-state index contributed by atoms with van der Waals surface area (Å²) in [5.74, 6) is -0.951. The monoisotopic (exact) mass is 577 g/mol. The van der Waals surface area contributed by atoms with E-state index < -0.39 is 18.1 Å². The number of hydrogen-bond donors (Lipinski definition) is 2. The van der Waals surface area contributed by atoms with E-state index >= 15 is 0 Å². The van der Waals surface area contributed by atoms with E-state index in [0.717, 1.165) is 16.7 Å². The summed E-state index contributed by atoms with van der Waals surface area (Å²) in [5, 5.41) is 3.43. The average molecular weight is 578 g/mol. The first-order valence-electron chi connectivity index (χ1n) is 13.7. The molecule has 0 saturated heterocycles. The fraction of sp³-hybridized carbons (Fsp3) is 0.344. The Kier molecular flexibility index (Phi) is 9.81. The molecule has 2 atom stereocenters. The van der Waals surface area contributed by atoms with Gasteiger partial charge >= 0.3 is 5.97 Å². The molecule has 1 aliphatic rings. The van der Waals surface area contributed by atoms with Gasteiger partial charge in [0.1, 0.15) is 6.04 Å². The van der Waals surface area contributed by atoms with E-state index in [-0.39, 0.29) is 24.5 Å². The van der Waals surface area contributed by atoms with E-state index in [9.17, 15) is 14.4 Å². The summed E-state index contributed by atoms with van der Waals surface area (Å²) in [6.07, 6.45) is 0.837. The van der Waals surface area contributed by atoms with Crippen molar-refractivity contribution in [3.05, 3.63) is 93.5 Å². The van der Waals surface area contributed by atoms with Gasteiger partial charge in [0, 0.05) is 39.6 Å². The van der Waals surface area contributed by atoms with Crippen molar-refractivity contribution in [2.45, 2.75) is 52.7 Å². The molecule has 0 aromatic heterocycles. The Morgan fingerprint density at radius 1 is 1.02 bits per heavy atom. The third-order valence-corrected chi connectivity index (χ3v) is 7.52. The highest BCUT2D eigenvalue weighted by Crippen LogP contribution is 2.38. The molecule has 2 amide bonds. The van der Waals surface area contributed by atoms with Crippen molar-refractivity contribution in [2.75, 3.05) is 23.6 Å². The number of nitrogens with one attached hydrogen (secondary N) is 1. The molecule has 1 aliphatic heterocycles. The van der Waals surface area contributed by atoms with Crippen molar-refractivity contribution in [3.63, 3.8) is 0 Å². The number of nitrogens with zero attached hydrogens (tertiary/aromatic N) is 1. The highest BCUT2D eigenvalue weighted by atomic mass is 35.5. The minimum absolute atomic E-state index is 0.0543. The molecule has 0 saturated carbocycles. The van der Waals surface area contributed by atoms with Crippen LogP contribution in [0, 0.1) is 19.8 Å². The zero-order valence-electron chi connectivity index (χ0n) is 23.8. The molecule has 1 heterocycles. The largest absolute Gasteiger partial charge is 0.437 e. The minimum Gasteiger partial charge on any atom is -0.437 e. The van der Waals surface area contributed by atoms with Crippen LogP contribution in [-0.2, 0) is 14.3 Å². The number of benzene rings is 3. The Hall–Kier alpha value is -3.72. The lowest BCUT2D eigenvalue weighted by atomic mass is 10.0. The Morgan fingerprint density at radius 3 is 2.49 bits per heavy atom. The summed E-state index contributed by atoms with van der Waals surface area (Å²) in [4.78, 5) is 40.5. The summed E-state index contributed by atoms with van der Waals surface area (Å²) >= 11 is 6.34. The van der Waals surface area contributed by atoms with Crippen molar-refractivity contribution in [1.82, 2.24) is 0 Å². The molecule has 41 heavy (non-hydrogen) atoms. The quantitative estimate of drug-likeness (QED) is 0.244. The SMILES string of the molecule is Cc1ccccc1C(=O)Nc1ccc(C(=O)N2CCCC(OCOC(=O)[C@@H](N)C(C)C)c3cc(Cl)ccc32)c(C)c1. The molecule has 3 aromatic carbocycles. The number of anilines is 2. The summed E-state index contributed by atoms with van der Waals surface area (Å²) in [7, 11) is 0. The molecule has 1 unspecified atom stereocenters. The highest BCUT2D eigenvalue weighted by Gasteiger charge is 2.29. The molecule has 4 rings (SSSR count). The van der Waals surface area contributed by atoms with Crippen LogP contribution in [-0.4, -0.2) is 37.2 Å². The van der Waals surface area contributed by atoms with Crippen molar-refractivity contribution < 1.29 is 23.9 Å². The predicted molar refractivity (Wildman–Crippen MR) is 160 cm³/mol. The normalized spacial score (nSPS) is 15.6. The number of amides is 2. The van der Waals surface area contributed by atoms with Crippen LogP contribution in [0.4, 0.5) is 11.4 Å². The predicted octanol–water partition coefficient (Wildman–Crippen LogP) is 6.19. The molecule has 0 spiro atoms. The number of fused-ring (bicyclic) bond motifs is 1. The molecule has 0 fully saturated rings. The molecule has 0 radical (unpaired) electrons. The molecule has 216 valence electrons. The lowest BCUT2D eigenvalue weighted by molar-refractivity contribution is -0.164. The van der Waals surface area contributed by atoms with Gasteiger partial charge in [-0.1, -0.05) is 43.6 Å². The molecule has 0 aliphatic carbocycles. The zero-order chi connectivity index (χ0) is 29.7. The van der Waals surface area contributed by atoms with Gasteiger partial charge in [0.15, 0.2) is 6.79 Å². The molecular weight excluding hydrogens is 542 g/mol. The van der Waals surface area contributed by atoms with Gasteiger partial charge in [-0.25, -0.2) is 0 Å². The van der Waals surface area contributed by atoms with Crippen LogP contribution in [0.2, 0.25) is 5.02 Å². The summed E-state index contributed by atoms with van der Waals surface area (Å²) in [6.45, 7) is 7.64. The molecule has 3 N–H and O–H groups in total. The number of ether oxygens (including phenoxy) is 2.